The van der Waals surface area contributed by atoms with Gasteiger partial charge in [0.15, 0.2) is 11.4 Å². The van der Waals surface area contributed by atoms with Gasteiger partial charge in [-0.25, -0.2) is 9.97 Å². The average molecular weight is 412 g/mol. The van der Waals surface area contributed by atoms with Gasteiger partial charge in [-0.05, 0) is 24.3 Å². The molecule has 3 heteroatoms. The fourth-order valence-electron chi connectivity index (χ4n) is 4.35. The van der Waals surface area contributed by atoms with Gasteiger partial charge in [-0.2, -0.15) is 0 Å². The second-order valence-corrected chi connectivity index (χ2v) is 7.87. The molecule has 0 saturated heterocycles. The third-order valence-electron chi connectivity index (χ3n) is 5.96. The van der Waals surface area contributed by atoms with E-state index < -0.39 is 5.60 Å². The Morgan fingerprint density at radius 1 is 0.656 bits per heavy atom. The minimum absolute atomic E-state index is 0.686. The standard InChI is InChI=1S/C29H20N2O/c1-4-10-21(11-5-1)28-30-20-25-24-18-19-29(22-12-6-2-7-13-22,23-14-8-3-9-15-23)32-27(24)17-16-26(25)31-28/h1-20H. The van der Waals surface area contributed by atoms with Crippen molar-refractivity contribution in [3.8, 4) is 17.1 Å². The first kappa shape index (κ1) is 18.5. The third-order valence-corrected chi connectivity index (χ3v) is 5.96. The molecule has 5 aromatic rings. The molecule has 0 amide bonds. The van der Waals surface area contributed by atoms with E-state index >= 15 is 0 Å². The summed E-state index contributed by atoms with van der Waals surface area (Å²) in [6, 6.07) is 34.8. The molecule has 0 saturated carbocycles. The van der Waals surface area contributed by atoms with Crippen LogP contribution in [-0.4, -0.2) is 9.97 Å². The number of ether oxygens (including phenoxy) is 1. The van der Waals surface area contributed by atoms with Crippen LogP contribution in [0.25, 0.3) is 28.4 Å². The van der Waals surface area contributed by atoms with Crippen molar-refractivity contribution in [3.63, 3.8) is 0 Å². The van der Waals surface area contributed by atoms with Crippen molar-refractivity contribution in [2.45, 2.75) is 5.60 Å². The Hall–Kier alpha value is -4.24. The molecule has 32 heavy (non-hydrogen) atoms. The summed E-state index contributed by atoms with van der Waals surface area (Å²) < 4.78 is 6.77. The van der Waals surface area contributed by atoms with Gasteiger partial charge in [0.25, 0.3) is 0 Å². The highest BCUT2D eigenvalue weighted by molar-refractivity contribution is 5.92. The van der Waals surface area contributed by atoms with Crippen LogP contribution in [0.4, 0.5) is 0 Å². The molecule has 0 radical (unpaired) electrons. The van der Waals surface area contributed by atoms with Crippen LogP contribution in [0.5, 0.6) is 5.75 Å². The van der Waals surface area contributed by atoms with Gasteiger partial charge in [0, 0.05) is 33.8 Å². The molecule has 3 nitrogen and oxygen atoms in total. The zero-order valence-electron chi connectivity index (χ0n) is 17.3. The topological polar surface area (TPSA) is 35.0 Å². The van der Waals surface area contributed by atoms with E-state index in [2.05, 4.69) is 41.4 Å². The minimum atomic E-state index is -0.686. The lowest BCUT2D eigenvalue weighted by Gasteiger charge is -2.36. The highest BCUT2D eigenvalue weighted by atomic mass is 16.5. The van der Waals surface area contributed by atoms with Crippen LogP contribution in [0.1, 0.15) is 16.7 Å². The van der Waals surface area contributed by atoms with Crippen LogP contribution < -0.4 is 4.74 Å². The van der Waals surface area contributed by atoms with Gasteiger partial charge < -0.3 is 4.74 Å². The van der Waals surface area contributed by atoms with E-state index in [0.717, 1.165) is 44.7 Å². The molecule has 152 valence electrons. The van der Waals surface area contributed by atoms with Gasteiger partial charge in [-0.3, -0.25) is 0 Å². The molecule has 0 atom stereocenters. The second kappa shape index (κ2) is 7.47. The Morgan fingerprint density at radius 2 is 1.28 bits per heavy atom. The summed E-state index contributed by atoms with van der Waals surface area (Å²) in [7, 11) is 0. The van der Waals surface area contributed by atoms with E-state index in [1.54, 1.807) is 0 Å². The smallest absolute Gasteiger partial charge is 0.178 e. The van der Waals surface area contributed by atoms with Crippen LogP contribution in [0.15, 0.2) is 115 Å². The summed E-state index contributed by atoms with van der Waals surface area (Å²) in [5.41, 5.74) is 4.40. The molecule has 0 N–H and O–H groups in total. The van der Waals surface area contributed by atoms with Crippen molar-refractivity contribution >= 4 is 17.0 Å². The predicted octanol–water partition coefficient (Wildman–Crippen LogP) is 6.65. The van der Waals surface area contributed by atoms with Crippen LogP contribution in [0, 0.1) is 0 Å². The third kappa shape index (κ3) is 2.98. The second-order valence-electron chi connectivity index (χ2n) is 7.87. The van der Waals surface area contributed by atoms with Gasteiger partial charge in [-0.15, -0.1) is 0 Å². The summed E-state index contributed by atoms with van der Waals surface area (Å²) >= 11 is 0. The first-order valence-electron chi connectivity index (χ1n) is 10.7. The van der Waals surface area contributed by atoms with Crippen LogP contribution in [0.2, 0.25) is 0 Å². The van der Waals surface area contributed by atoms with Gasteiger partial charge >= 0.3 is 0 Å². The minimum Gasteiger partial charge on any atom is -0.473 e. The molecular weight excluding hydrogens is 392 g/mol. The summed E-state index contributed by atoms with van der Waals surface area (Å²) in [5, 5.41) is 0.980. The SMILES string of the molecule is C1=CC(c2ccccc2)(c2ccccc2)Oc2ccc3nc(-c4ccccc4)ncc3c21. The lowest BCUT2D eigenvalue weighted by Crippen LogP contribution is -2.34. The summed E-state index contributed by atoms with van der Waals surface area (Å²) in [6.07, 6.45) is 6.19. The van der Waals surface area contributed by atoms with E-state index in [-0.39, 0.29) is 0 Å². The quantitative estimate of drug-likeness (QED) is 0.333. The molecule has 0 spiro atoms. The molecule has 4 aromatic carbocycles. The van der Waals surface area contributed by atoms with E-state index in [9.17, 15) is 0 Å². The Labute approximate surface area is 186 Å². The maximum absolute atomic E-state index is 6.77. The number of rotatable bonds is 3. The Kier molecular flexibility index (Phi) is 4.32. The van der Waals surface area contributed by atoms with Crippen molar-refractivity contribution in [1.29, 1.82) is 0 Å². The molecule has 1 aliphatic heterocycles. The predicted molar refractivity (Wildman–Crippen MR) is 128 cm³/mol. The van der Waals surface area contributed by atoms with Crippen molar-refractivity contribution in [1.82, 2.24) is 9.97 Å². The van der Waals surface area contributed by atoms with Crippen LogP contribution in [0.3, 0.4) is 0 Å². The first-order chi connectivity index (χ1) is 15.8. The van der Waals surface area contributed by atoms with Crippen LogP contribution >= 0.6 is 0 Å². The maximum Gasteiger partial charge on any atom is 0.178 e. The van der Waals surface area contributed by atoms with Gasteiger partial charge in [0.2, 0.25) is 0 Å². The van der Waals surface area contributed by atoms with Crippen molar-refractivity contribution < 1.29 is 4.74 Å². The number of hydrogen-bond donors (Lipinski definition) is 0. The fraction of sp³-hybridized carbons (Fsp3) is 0.0345. The van der Waals surface area contributed by atoms with Crippen LogP contribution in [-0.2, 0) is 5.60 Å². The largest absolute Gasteiger partial charge is 0.473 e. The molecule has 0 bridgehead atoms. The van der Waals surface area contributed by atoms with E-state index in [4.69, 9.17) is 9.72 Å². The number of fused-ring (bicyclic) bond motifs is 3. The first-order valence-corrected chi connectivity index (χ1v) is 10.7. The Balaban J connectivity index is 1.49. The fourth-order valence-corrected chi connectivity index (χ4v) is 4.35. The maximum atomic E-state index is 6.77. The number of nitrogens with zero attached hydrogens (tertiary/aromatic N) is 2. The lowest BCUT2D eigenvalue weighted by molar-refractivity contribution is 0.161. The molecule has 2 heterocycles. The van der Waals surface area contributed by atoms with E-state index in [1.807, 2.05) is 85.1 Å². The monoisotopic (exact) mass is 412 g/mol. The summed E-state index contributed by atoms with van der Waals surface area (Å²) in [4.78, 5) is 9.44. The average Bonchev–Trinajstić information content (AvgIpc) is 2.89. The van der Waals surface area contributed by atoms with Gasteiger partial charge in [-0.1, -0.05) is 91.0 Å². The zero-order chi connectivity index (χ0) is 21.4. The molecular formula is C29H20N2O. The van der Waals surface area contributed by atoms with Crippen molar-refractivity contribution in [2.75, 3.05) is 0 Å². The van der Waals surface area contributed by atoms with Gasteiger partial charge in [0.05, 0.1) is 5.52 Å². The summed E-state index contributed by atoms with van der Waals surface area (Å²) in [5.74, 6) is 1.55. The van der Waals surface area contributed by atoms with Crippen molar-refractivity contribution in [3.05, 3.63) is 132 Å². The Morgan fingerprint density at radius 3 is 1.94 bits per heavy atom. The zero-order valence-corrected chi connectivity index (χ0v) is 17.3. The molecule has 1 aromatic heterocycles. The summed E-state index contributed by atoms with van der Waals surface area (Å²) in [6.45, 7) is 0. The lowest BCUT2D eigenvalue weighted by atomic mass is 9.83. The normalized spacial score (nSPS) is 14.0. The van der Waals surface area contributed by atoms with E-state index in [0.29, 0.717) is 0 Å². The van der Waals surface area contributed by atoms with Crippen molar-refractivity contribution in [2.24, 2.45) is 0 Å². The Bertz CT molecular complexity index is 1390. The molecule has 1 aliphatic rings. The molecule has 0 aliphatic carbocycles. The van der Waals surface area contributed by atoms with Gasteiger partial charge in [0.1, 0.15) is 5.75 Å². The highest BCUT2D eigenvalue weighted by Gasteiger charge is 2.37. The molecule has 6 rings (SSSR count). The number of aromatic nitrogens is 2. The molecule has 0 unspecified atom stereocenters. The number of hydrogen-bond acceptors (Lipinski definition) is 3. The number of benzene rings is 4. The highest BCUT2D eigenvalue weighted by Crippen LogP contribution is 2.43. The molecule has 0 fully saturated rings. The van der Waals surface area contributed by atoms with E-state index in [1.165, 1.54) is 0 Å².